The van der Waals surface area contributed by atoms with Gasteiger partial charge in [0.15, 0.2) is 5.72 Å². The molecule has 0 aromatic heterocycles. The predicted molar refractivity (Wildman–Crippen MR) is 87.7 cm³/mol. The van der Waals surface area contributed by atoms with Crippen LogP contribution < -0.4 is 5.43 Å². The molecule has 1 atom stereocenters. The molecule has 4 nitrogen and oxygen atoms in total. The summed E-state index contributed by atoms with van der Waals surface area (Å²) in [7, 11) is 0. The molecule has 1 aliphatic heterocycles. The summed E-state index contributed by atoms with van der Waals surface area (Å²) < 4.78 is 0. The topological polar surface area (TPSA) is 52.6 Å². The first kappa shape index (κ1) is 14.7. The number of aliphatic hydroxyl groups is 1. The summed E-state index contributed by atoms with van der Waals surface area (Å²) in [5.41, 5.74) is 2.71. The lowest BCUT2D eigenvalue weighted by Gasteiger charge is -2.34. The standard InChI is InChI=1S/C17H16N2O2S/c1-13-19(18-16(20)14-8-4-2-5-9-14)17(21,12-22-13)15-10-6-3-7-11-15/h2-11,21H,1,12H2,(H,18,20). The van der Waals surface area contributed by atoms with Gasteiger partial charge in [-0.2, -0.15) is 0 Å². The Balaban J connectivity index is 1.87. The van der Waals surface area contributed by atoms with Gasteiger partial charge in [-0.15, -0.1) is 11.8 Å². The van der Waals surface area contributed by atoms with Gasteiger partial charge in [0.1, 0.15) is 0 Å². The molecule has 3 rings (SSSR count). The van der Waals surface area contributed by atoms with Crippen LogP contribution in [0.15, 0.2) is 72.3 Å². The molecule has 0 aliphatic carbocycles. The molecule has 1 heterocycles. The molecule has 1 fully saturated rings. The van der Waals surface area contributed by atoms with Crippen LogP contribution in [0.5, 0.6) is 0 Å². The number of rotatable bonds is 3. The van der Waals surface area contributed by atoms with E-state index in [0.29, 0.717) is 16.3 Å². The average molecular weight is 312 g/mol. The summed E-state index contributed by atoms with van der Waals surface area (Å²) >= 11 is 1.41. The zero-order valence-corrected chi connectivity index (χ0v) is 12.7. The summed E-state index contributed by atoms with van der Waals surface area (Å²) in [4.78, 5) is 12.4. The third-order valence-corrected chi connectivity index (χ3v) is 4.61. The number of hydrogen-bond acceptors (Lipinski definition) is 4. The van der Waals surface area contributed by atoms with E-state index in [1.54, 1.807) is 24.3 Å². The molecule has 1 saturated heterocycles. The molecule has 2 aromatic carbocycles. The van der Waals surface area contributed by atoms with E-state index in [9.17, 15) is 9.90 Å². The molecule has 1 amide bonds. The smallest absolute Gasteiger partial charge is 0.269 e. The third-order valence-electron chi connectivity index (χ3n) is 3.54. The van der Waals surface area contributed by atoms with Crippen LogP contribution in [-0.2, 0) is 5.72 Å². The summed E-state index contributed by atoms with van der Waals surface area (Å²) in [6, 6.07) is 18.2. The van der Waals surface area contributed by atoms with E-state index in [2.05, 4.69) is 12.0 Å². The highest BCUT2D eigenvalue weighted by Gasteiger charge is 2.44. The monoisotopic (exact) mass is 312 g/mol. The van der Waals surface area contributed by atoms with E-state index in [1.807, 2.05) is 36.4 Å². The second kappa shape index (κ2) is 5.87. The SMILES string of the molecule is C=C1SCC(O)(c2ccccc2)N1NC(=O)c1ccccc1. The fourth-order valence-corrected chi connectivity index (χ4v) is 3.34. The minimum absolute atomic E-state index is 0.279. The van der Waals surface area contributed by atoms with E-state index in [1.165, 1.54) is 16.8 Å². The number of carbonyl (C=O) groups excluding carboxylic acids is 1. The van der Waals surface area contributed by atoms with Crippen LogP contribution in [0.4, 0.5) is 0 Å². The highest BCUT2D eigenvalue weighted by Crippen LogP contribution is 2.42. The molecule has 0 spiro atoms. The van der Waals surface area contributed by atoms with Crippen molar-refractivity contribution in [3.8, 4) is 0 Å². The lowest BCUT2D eigenvalue weighted by atomic mass is 10.0. The fourth-order valence-electron chi connectivity index (χ4n) is 2.35. The highest BCUT2D eigenvalue weighted by molar-refractivity contribution is 8.03. The molecule has 112 valence electrons. The lowest BCUT2D eigenvalue weighted by Crippen LogP contribution is -2.52. The second-order valence-electron chi connectivity index (χ2n) is 5.01. The molecule has 1 aliphatic rings. The Bertz CT molecular complexity index is 690. The van der Waals surface area contributed by atoms with Gasteiger partial charge in [-0.1, -0.05) is 55.1 Å². The van der Waals surface area contributed by atoms with Crippen LogP contribution in [0, 0.1) is 0 Å². The highest BCUT2D eigenvalue weighted by atomic mass is 32.2. The fraction of sp³-hybridized carbons (Fsp3) is 0.118. The molecule has 0 bridgehead atoms. The van der Waals surface area contributed by atoms with E-state index in [0.717, 1.165) is 5.56 Å². The van der Waals surface area contributed by atoms with Gasteiger partial charge in [-0.05, 0) is 12.1 Å². The Morgan fingerprint density at radius 1 is 1.14 bits per heavy atom. The molecule has 0 radical (unpaired) electrons. The number of thioether (sulfide) groups is 1. The van der Waals surface area contributed by atoms with Crippen molar-refractivity contribution in [2.24, 2.45) is 0 Å². The normalized spacial score (nSPS) is 21.0. The Labute approximate surface area is 133 Å². The molecule has 2 N–H and O–H groups in total. The summed E-state index contributed by atoms with van der Waals surface area (Å²) in [5, 5.41) is 13.1. The largest absolute Gasteiger partial charge is 0.365 e. The van der Waals surface area contributed by atoms with Crippen molar-refractivity contribution < 1.29 is 9.90 Å². The van der Waals surface area contributed by atoms with Gasteiger partial charge < -0.3 is 5.11 Å². The van der Waals surface area contributed by atoms with Crippen LogP contribution in [0.1, 0.15) is 15.9 Å². The quantitative estimate of drug-likeness (QED) is 0.915. The Morgan fingerprint density at radius 2 is 1.73 bits per heavy atom. The second-order valence-corrected chi connectivity index (χ2v) is 6.06. The number of benzene rings is 2. The van der Waals surface area contributed by atoms with Gasteiger partial charge in [-0.25, -0.2) is 5.01 Å². The van der Waals surface area contributed by atoms with Gasteiger partial charge in [-0.3, -0.25) is 10.2 Å². The van der Waals surface area contributed by atoms with Gasteiger partial charge in [0.05, 0.1) is 10.8 Å². The van der Waals surface area contributed by atoms with E-state index >= 15 is 0 Å². The molecule has 22 heavy (non-hydrogen) atoms. The molecule has 5 heteroatoms. The Hall–Kier alpha value is -2.24. The van der Waals surface area contributed by atoms with Gasteiger partial charge in [0, 0.05) is 11.1 Å². The average Bonchev–Trinajstić information content (AvgIpc) is 2.86. The minimum Gasteiger partial charge on any atom is -0.365 e. The number of nitrogens with zero attached hydrogens (tertiary/aromatic N) is 1. The maximum atomic E-state index is 12.4. The zero-order chi connectivity index (χ0) is 15.6. The van der Waals surface area contributed by atoms with Crippen molar-refractivity contribution in [1.82, 2.24) is 10.4 Å². The Kier molecular flexibility index (Phi) is 3.92. The van der Waals surface area contributed by atoms with Crippen LogP contribution in [0.3, 0.4) is 0 Å². The molecule has 1 unspecified atom stereocenters. The van der Waals surface area contributed by atoms with Crippen LogP contribution in [0.25, 0.3) is 0 Å². The predicted octanol–water partition coefficient (Wildman–Crippen LogP) is 2.70. The maximum Gasteiger partial charge on any atom is 0.269 e. The first-order chi connectivity index (χ1) is 10.6. The molecular formula is C17H16N2O2S. The maximum absolute atomic E-state index is 12.4. The first-order valence-corrected chi connectivity index (χ1v) is 7.86. The van der Waals surface area contributed by atoms with E-state index in [4.69, 9.17) is 0 Å². The summed E-state index contributed by atoms with van der Waals surface area (Å²) in [6.45, 7) is 3.92. The Morgan fingerprint density at radius 3 is 2.36 bits per heavy atom. The van der Waals surface area contributed by atoms with Gasteiger partial charge in [0.25, 0.3) is 5.91 Å². The number of hydrogen-bond donors (Lipinski definition) is 2. The van der Waals surface area contributed by atoms with Crippen molar-refractivity contribution in [3.63, 3.8) is 0 Å². The van der Waals surface area contributed by atoms with Crippen molar-refractivity contribution in [2.75, 3.05) is 5.75 Å². The molecule has 0 saturated carbocycles. The molecular weight excluding hydrogens is 296 g/mol. The van der Waals surface area contributed by atoms with Crippen molar-refractivity contribution in [1.29, 1.82) is 0 Å². The number of nitrogens with one attached hydrogen (secondary N) is 1. The van der Waals surface area contributed by atoms with Crippen LogP contribution in [0.2, 0.25) is 0 Å². The summed E-state index contributed by atoms with van der Waals surface area (Å²) in [5.74, 6) is 0.129. The van der Waals surface area contributed by atoms with E-state index in [-0.39, 0.29) is 5.91 Å². The first-order valence-electron chi connectivity index (χ1n) is 6.87. The van der Waals surface area contributed by atoms with Crippen LogP contribution >= 0.6 is 11.8 Å². The van der Waals surface area contributed by atoms with Crippen molar-refractivity contribution >= 4 is 17.7 Å². The van der Waals surface area contributed by atoms with Crippen molar-refractivity contribution in [2.45, 2.75) is 5.72 Å². The van der Waals surface area contributed by atoms with Crippen molar-refractivity contribution in [3.05, 3.63) is 83.4 Å². The zero-order valence-electron chi connectivity index (χ0n) is 11.9. The summed E-state index contributed by atoms with van der Waals surface area (Å²) in [6.07, 6.45) is 0. The van der Waals surface area contributed by atoms with Gasteiger partial charge in [0.2, 0.25) is 0 Å². The van der Waals surface area contributed by atoms with E-state index < -0.39 is 5.72 Å². The number of carbonyl (C=O) groups is 1. The van der Waals surface area contributed by atoms with Gasteiger partial charge >= 0.3 is 0 Å². The molecule has 2 aromatic rings. The third kappa shape index (κ3) is 2.61. The minimum atomic E-state index is -1.30. The van der Waals surface area contributed by atoms with Crippen LogP contribution in [-0.4, -0.2) is 21.8 Å². The lowest BCUT2D eigenvalue weighted by molar-refractivity contribution is -0.0842. The number of amides is 1. The number of hydrazine groups is 1.